The topological polar surface area (TPSA) is 56.5 Å². The standard InChI is InChI=1S/C13H13ClF2N2O3/c1-18-11(8(14)6-17-18)12(19)7-3-4-9(20-2)10(5-7)21-13(15)16/h3-6,12-13,19H,1-2H3. The normalized spacial score (nSPS) is 12.5. The number of ether oxygens (including phenoxy) is 2. The zero-order valence-electron chi connectivity index (χ0n) is 11.3. The summed E-state index contributed by atoms with van der Waals surface area (Å²) >= 11 is 5.95. The highest BCUT2D eigenvalue weighted by Crippen LogP contribution is 2.34. The number of methoxy groups -OCH3 is 1. The Labute approximate surface area is 124 Å². The Kier molecular flexibility index (Phi) is 4.64. The van der Waals surface area contributed by atoms with E-state index in [2.05, 4.69) is 9.84 Å². The Bertz CT molecular complexity index is 614. The van der Waals surface area contributed by atoms with Gasteiger partial charge >= 0.3 is 6.61 Å². The van der Waals surface area contributed by atoms with Crippen LogP contribution < -0.4 is 9.47 Å². The van der Waals surface area contributed by atoms with E-state index in [4.69, 9.17) is 16.3 Å². The lowest BCUT2D eigenvalue weighted by Gasteiger charge is -2.15. The van der Waals surface area contributed by atoms with E-state index in [1.165, 1.54) is 36.2 Å². The van der Waals surface area contributed by atoms with Crippen LogP contribution in [0.2, 0.25) is 5.02 Å². The van der Waals surface area contributed by atoms with E-state index < -0.39 is 12.7 Å². The number of aliphatic hydroxyl groups excluding tert-OH is 1. The zero-order valence-corrected chi connectivity index (χ0v) is 12.0. The van der Waals surface area contributed by atoms with Crippen molar-refractivity contribution < 1.29 is 23.4 Å². The van der Waals surface area contributed by atoms with Gasteiger partial charge in [0.25, 0.3) is 0 Å². The summed E-state index contributed by atoms with van der Waals surface area (Å²) in [5.41, 5.74) is 0.682. The average Bonchev–Trinajstić information content (AvgIpc) is 2.76. The van der Waals surface area contributed by atoms with Crippen LogP contribution in [0.1, 0.15) is 17.4 Å². The Morgan fingerprint density at radius 3 is 2.57 bits per heavy atom. The van der Waals surface area contributed by atoms with E-state index in [1.54, 1.807) is 7.05 Å². The predicted molar refractivity (Wildman–Crippen MR) is 71.9 cm³/mol. The first-order chi connectivity index (χ1) is 9.93. The number of hydrogen-bond acceptors (Lipinski definition) is 4. The molecule has 0 saturated carbocycles. The Balaban J connectivity index is 2.40. The van der Waals surface area contributed by atoms with Crippen LogP contribution in [0.15, 0.2) is 24.4 Å². The second kappa shape index (κ2) is 6.28. The smallest absolute Gasteiger partial charge is 0.387 e. The summed E-state index contributed by atoms with van der Waals surface area (Å²) in [4.78, 5) is 0. The van der Waals surface area contributed by atoms with Crippen LogP contribution in [0.3, 0.4) is 0 Å². The molecule has 21 heavy (non-hydrogen) atoms. The van der Waals surface area contributed by atoms with Gasteiger partial charge in [-0.3, -0.25) is 4.68 Å². The van der Waals surface area contributed by atoms with E-state index in [0.717, 1.165) is 0 Å². The fourth-order valence-corrected chi connectivity index (χ4v) is 2.21. The minimum Gasteiger partial charge on any atom is -0.493 e. The first kappa shape index (κ1) is 15.5. The monoisotopic (exact) mass is 318 g/mol. The van der Waals surface area contributed by atoms with Gasteiger partial charge in [0.1, 0.15) is 6.10 Å². The van der Waals surface area contributed by atoms with Crippen LogP contribution >= 0.6 is 11.6 Å². The summed E-state index contributed by atoms with van der Waals surface area (Å²) in [6.45, 7) is -2.99. The molecule has 0 bridgehead atoms. The third-order valence-electron chi connectivity index (χ3n) is 2.92. The van der Waals surface area contributed by atoms with Gasteiger partial charge in [-0.25, -0.2) is 0 Å². The van der Waals surface area contributed by atoms with Crippen LogP contribution in [-0.4, -0.2) is 28.6 Å². The average molecular weight is 319 g/mol. The number of hydrogen-bond donors (Lipinski definition) is 1. The van der Waals surface area contributed by atoms with Crippen molar-refractivity contribution in [2.24, 2.45) is 7.05 Å². The lowest BCUT2D eigenvalue weighted by atomic mass is 10.1. The molecule has 0 radical (unpaired) electrons. The van der Waals surface area contributed by atoms with E-state index in [1.807, 2.05) is 0 Å². The highest BCUT2D eigenvalue weighted by atomic mass is 35.5. The first-order valence-corrected chi connectivity index (χ1v) is 6.30. The molecule has 114 valence electrons. The SMILES string of the molecule is COc1ccc(C(O)c2c(Cl)cnn2C)cc1OC(F)F. The molecule has 0 aliphatic rings. The van der Waals surface area contributed by atoms with E-state index in [9.17, 15) is 13.9 Å². The van der Waals surface area contributed by atoms with Crippen LogP contribution in [0, 0.1) is 0 Å². The summed E-state index contributed by atoms with van der Waals surface area (Å²) in [5, 5.41) is 14.5. The Morgan fingerprint density at radius 2 is 2.05 bits per heavy atom. The Hall–Kier alpha value is -1.86. The fourth-order valence-electron chi connectivity index (χ4n) is 1.94. The van der Waals surface area contributed by atoms with Crippen molar-refractivity contribution in [2.45, 2.75) is 12.7 Å². The van der Waals surface area contributed by atoms with Crippen molar-refractivity contribution in [3.05, 3.63) is 40.7 Å². The molecule has 1 N–H and O–H groups in total. The summed E-state index contributed by atoms with van der Waals surface area (Å²) < 4.78 is 35.5. The number of aromatic nitrogens is 2. The summed E-state index contributed by atoms with van der Waals surface area (Å²) in [7, 11) is 2.95. The first-order valence-electron chi connectivity index (χ1n) is 5.92. The van der Waals surface area contributed by atoms with Crippen molar-refractivity contribution in [1.29, 1.82) is 0 Å². The summed E-state index contributed by atoms with van der Waals surface area (Å²) in [6, 6.07) is 4.24. The predicted octanol–water partition coefficient (Wildman–Crippen LogP) is 2.77. The molecule has 5 nitrogen and oxygen atoms in total. The van der Waals surface area contributed by atoms with E-state index >= 15 is 0 Å². The van der Waals surface area contributed by atoms with Gasteiger partial charge in [0.15, 0.2) is 11.5 Å². The van der Waals surface area contributed by atoms with Crippen molar-refractivity contribution in [1.82, 2.24) is 9.78 Å². The van der Waals surface area contributed by atoms with Crippen LogP contribution in [0.25, 0.3) is 0 Å². The lowest BCUT2D eigenvalue weighted by molar-refractivity contribution is -0.0513. The molecule has 1 atom stereocenters. The molecule has 0 aliphatic heterocycles. The minimum absolute atomic E-state index is 0.141. The number of benzene rings is 1. The van der Waals surface area contributed by atoms with Gasteiger partial charge in [-0.15, -0.1) is 0 Å². The van der Waals surface area contributed by atoms with Crippen molar-refractivity contribution in [2.75, 3.05) is 7.11 Å². The second-order valence-corrected chi connectivity index (χ2v) is 4.60. The van der Waals surface area contributed by atoms with E-state index in [-0.39, 0.29) is 16.5 Å². The molecule has 2 rings (SSSR count). The molecule has 0 spiro atoms. The van der Waals surface area contributed by atoms with Gasteiger partial charge in [-0.1, -0.05) is 17.7 Å². The minimum atomic E-state index is -2.99. The van der Waals surface area contributed by atoms with Crippen LogP contribution in [0.5, 0.6) is 11.5 Å². The molecule has 8 heteroatoms. The maximum atomic E-state index is 12.4. The number of halogens is 3. The van der Waals surface area contributed by atoms with Crippen LogP contribution in [-0.2, 0) is 7.05 Å². The molecule has 1 aromatic heterocycles. The zero-order chi connectivity index (χ0) is 15.6. The third-order valence-corrected chi connectivity index (χ3v) is 3.21. The number of alkyl halides is 2. The maximum absolute atomic E-state index is 12.4. The number of nitrogens with zero attached hydrogens (tertiary/aromatic N) is 2. The van der Waals surface area contributed by atoms with Gasteiger partial charge in [0.05, 0.1) is 24.0 Å². The lowest BCUT2D eigenvalue weighted by Crippen LogP contribution is -2.09. The second-order valence-electron chi connectivity index (χ2n) is 4.19. The quantitative estimate of drug-likeness (QED) is 0.921. The van der Waals surface area contributed by atoms with Gasteiger partial charge < -0.3 is 14.6 Å². The number of rotatable bonds is 5. The molecule has 0 saturated heterocycles. The van der Waals surface area contributed by atoms with Crippen molar-refractivity contribution in [3.63, 3.8) is 0 Å². The van der Waals surface area contributed by atoms with Crippen molar-refractivity contribution in [3.8, 4) is 11.5 Å². The third kappa shape index (κ3) is 3.25. The molecule has 0 aliphatic carbocycles. The molecule has 0 fully saturated rings. The Morgan fingerprint density at radius 1 is 1.33 bits per heavy atom. The van der Waals surface area contributed by atoms with Crippen LogP contribution in [0.4, 0.5) is 8.78 Å². The molecular formula is C13H13ClF2N2O3. The van der Waals surface area contributed by atoms with Gasteiger partial charge in [-0.05, 0) is 17.7 Å². The van der Waals surface area contributed by atoms with Gasteiger partial charge in [-0.2, -0.15) is 13.9 Å². The molecule has 1 heterocycles. The van der Waals surface area contributed by atoms with Crippen molar-refractivity contribution >= 4 is 11.6 Å². The summed E-state index contributed by atoms with van der Waals surface area (Å²) in [5.74, 6) is -0.0234. The highest BCUT2D eigenvalue weighted by molar-refractivity contribution is 6.31. The highest BCUT2D eigenvalue weighted by Gasteiger charge is 2.21. The molecule has 2 aromatic rings. The fraction of sp³-hybridized carbons (Fsp3) is 0.308. The molecular weight excluding hydrogens is 306 g/mol. The molecule has 1 unspecified atom stereocenters. The molecule has 0 amide bonds. The number of aliphatic hydroxyl groups is 1. The van der Waals surface area contributed by atoms with Gasteiger partial charge in [0.2, 0.25) is 0 Å². The largest absolute Gasteiger partial charge is 0.493 e. The summed E-state index contributed by atoms with van der Waals surface area (Å²) in [6.07, 6.45) is 0.260. The maximum Gasteiger partial charge on any atom is 0.387 e. The molecule has 1 aromatic carbocycles. The van der Waals surface area contributed by atoms with Gasteiger partial charge in [0, 0.05) is 7.05 Å². The number of aryl methyl sites for hydroxylation is 1. The van der Waals surface area contributed by atoms with E-state index in [0.29, 0.717) is 11.3 Å².